The summed E-state index contributed by atoms with van der Waals surface area (Å²) < 4.78 is 10.7. The van der Waals surface area contributed by atoms with Crippen LogP contribution in [-0.2, 0) is 17.9 Å². The smallest absolute Gasteiger partial charge is 0.230 e. The molecule has 1 aromatic heterocycles. The molecule has 0 N–H and O–H groups in total. The topological polar surface area (TPSA) is 45.9 Å². The van der Waals surface area contributed by atoms with E-state index in [4.69, 9.17) is 9.15 Å². The Balaban J connectivity index is 1.41. The molecule has 2 aromatic rings. The Morgan fingerprint density at radius 3 is 2.84 bits per heavy atom. The molecular weight excluding hydrogens is 316 g/mol. The normalized spacial score (nSPS) is 23.7. The SMILES string of the molecule is COc1cccc(CN2CC[C@]3(CCN(Cc4ccco4)C3)C2=O)c1. The van der Waals surface area contributed by atoms with Gasteiger partial charge in [0.15, 0.2) is 0 Å². The van der Waals surface area contributed by atoms with Gasteiger partial charge in [0.2, 0.25) is 5.91 Å². The van der Waals surface area contributed by atoms with Crippen LogP contribution >= 0.6 is 0 Å². The number of nitrogens with zero attached hydrogens (tertiary/aromatic N) is 2. The second-order valence-corrected chi connectivity index (χ2v) is 7.15. The van der Waals surface area contributed by atoms with Crippen LogP contribution in [-0.4, -0.2) is 42.5 Å². The summed E-state index contributed by atoms with van der Waals surface area (Å²) in [6.07, 6.45) is 3.60. The molecule has 25 heavy (non-hydrogen) atoms. The lowest BCUT2D eigenvalue weighted by atomic mass is 9.85. The summed E-state index contributed by atoms with van der Waals surface area (Å²) in [5.74, 6) is 2.11. The number of ether oxygens (including phenoxy) is 1. The Labute approximate surface area is 148 Å². The van der Waals surface area contributed by atoms with E-state index in [0.29, 0.717) is 12.5 Å². The Kier molecular flexibility index (Phi) is 4.25. The van der Waals surface area contributed by atoms with Gasteiger partial charge in [-0.05, 0) is 49.2 Å². The largest absolute Gasteiger partial charge is 0.497 e. The standard InChI is InChI=1S/C20H24N2O3/c1-24-17-5-2-4-16(12-17)13-22-10-8-20(19(22)23)7-9-21(15-20)14-18-6-3-11-25-18/h2-6,11-12H,7-10,13-15H2,1H3/t20-/m0/s1. The van der Waals surface area contributed by atoms with Crippen molar-refractivity contribution in [3.05, 3.63) is 54.0 Å². The van der Waals surface area contributed by atoms with Crippen LogP contribution in [0.3, 0.4) is 0 Å². The molecule has 1 atom stereocenters. The number of amides is 1. The first-order valence-corrected chi connectivity index (χ1v) is 8.86. The van der Waals surface area contributed by atoms with Gasteiger partial charge in [-0.3, -0.25) is 9.69 Å². The highest BCUT2D eigenvalue weighted by Gasteiger charge is 2.50. The van der Waals surface area contributed by atoms with E-state index in [1.807, 2.05) is 35.2 Å². The third-order valence-electron chi connectivity index (χ3n) is 5.50. The molecule has 1 amide bonds. The van der Waals surface area contributed by atoms with Gasteiger partial charge in [0, 0.05) is 19.6 Å². The minimum absolute atomic E-state index is 0.203. The zero-order valence-corrected chi connectivity index (χ0v) is 14.6. The third kappa shape index (κ3) is 3.16. The molecule has 0 unspecified atom stereocenters. The lowest BCUT2D eigenvalue weighted by Gasteiger charge is -2.23. The van der Waals surface area contributed by atoms with Crippen molar-refractivity contribution in [1.82, 2.24) is 9.80 Å². The third-order valence-corrected chi connectivity index (χ3v) is 5.50. The monoisotopic (exact) mass is 340 g/mol. The molecule has 2 fully saturated rings. The van der Waals surface area contributed by atoms with E-state index in [1.54, 1.807) is 13.4 Å². The van der Waals surface area contributed by atoms with Crippen LogP contribution in [0, 0.1) is 5.41 Å². The lowest BCUT2D eigenvalue weighted by Crippen LogP contribution is -2.36. The average molecular weight is 340 g/mol. The van der Waals surface area contributed by atoms with Gasteiger partial charge in [-0.25, -0.2) is 0 Å². The minimum atomic E-state index is -0.203. The van der Waals surface area contributed by atoms with Gasteiger partial charge < -0.3 is 14.1 Å². The van der Waals surface area contributed by atoms with Gasteiger partial charge in [0.05, 0.1) is 25.3 Å². The molecule has 2 aliphatic rings. The van der Waals surface area contributed by atoms with Crippen LogP contribution < -0.4 is 4.74 Å². The molecule has 1 aromatic carbocycles. The van der Waals surface area contributed by atoms with E-state index in [9.17, 15) is 4.79 Å². The van der Waals surface area contributed by atoms with E-state index in [1.165, 1.54) is 0 Å². The van der Waals surface area contributed by atoms with Crippen molar-refractivity contribution in [2.45, 2.75) is 25.9 Å². The Bertz CT molecular complexity index is 743. The molecule has 2 saturated heterocycles. The predicted molar refractivity (Wildman–Crippen MR) is 94.1 cm³/mol. The van der Waals surface area contributed by atoms with Crippen molar-refractivity contribution >= 4 is 5.91 Å². The molecule has 4 rings (SSSR count). The first-order chi connectivity index (χ1) is 12.2. The van der Waals surface area contributed by atoms with Crippen molar-refractivity contribution in [2.75, 3.05) is 26.7 Å². The van der Waals surface area contributed by atoms with Crippen LogP contribution in [0.15, 0.2) is 47.1 Å². The Morgan fingerprint density at radius 1 is 1.16 bits per heavy atom. The number of methoxy groups -OCH3 is 1. The highest BCUT2D eigenvalue weighted by atomic mass is 16.5. The zero-order valence-electron chi connectivity index (χ0n) is 14.6. The quantitative estimate of drug-likeness (QED) is 0.840. The first kappa shape index (κ1) is 16.2. The summed E-state index contributed by atoms with van der Waals surface area (Å²) in [6, 6.07) is 11.9. The molecule has 1 spiro atoms. The lowest BCUT2D eigenvalue weighted by molar-refractivity contribution is -0.136. The van der Waals surface area contributed by atoms with Gasteiger partial charge in [-0.2, -0.15) is 0 Å². The number of likely N-dealkylation sites (tertiary alicyclic amines) is 2. The highest BCUT2D eigenvalue weighted by molar-refractivity contribution is 5.85. The first-order valence-electron chi connectivity index (χ1n) is 8.86. The van der Waals surface area contributed by atoms with E-state index < -0.39 is 0 Å². The fraction of sp³-hybridized carbons (Fsp3) is 0.450. The maximum absolute atomic E-state index is 13.1. The van der Waals surface area contributed by atoms with Gasteiger partial charge in [-0.1, -0.05) is 12.1 Å². The molecule has 5 heteroatoms. The van der Waals surface area contributed by atoms with Crippen molar-refractivity contribution in [2.24, 2.45) is 5.41 Å². The summed E-state index contributed by atoms with van der Waals surface area (Å²) in [5.41, 5.74) is 0.918. The zero-order chi connectivity index (χ0) is 17.3. The number of hydrogen-bond donors (Lipinski definition) is 0. The van der Waals surface area contributed by atoms with Gasteiger partial charge in [0.25, 0.3) is 0 Å². The number of carbonyl (C=O) groups is 1. The van der Waals surface area contributed by atoms with Crippen LogP contribution in [0.5, 0.6) is 5.75 Å². The maximum atomic E-state index is 13.1. The van der Waals surface area contributed by atoms with E-state index in [-0.39, 0.29) is 5.41 Å². The van der Waals surface area contributed by atoms with Crippen LogP contribution in [0.25, 0.3) is 0 Å². The second kappa shape index (κ2) is 6.56. The predicted octanol–water partition coefficient (Wildman–Crippen LogP) is 2.91. The molecule has 5 nitrogen and oxygen atoms in total. The molecule has 0 aliphatic carbocycles. The van der Waals surface area contributed by atoms with Crippen LogP contribution in [0.4, 0.5) is 0 Å². The number of benzene rings is 1. The highest BCUT2D eigenvalue weighted by Crippen LogP contribution is 2.41. The fourth-order valence-corrected chi connectivity index (χ4v) is 4.13. The van der Waals surface area contributed by atoms with Crippen molar-refractivity contribution in [1.29, 1.82) is 0 Å². The van der Waals surface area contributed by atoms with Crippen LogP contribution in [0.1, 0.15) is 24.2 Å². The molecule has 2 aliphatic heterocycles. The van der Waals surface area contributed by atoms with Crippen LogP contribution in [0.2, 0.25) is 0 Å². The van der Waals surface area contributed by atoms with Crippen molar-refractivity contribution in [3.63, 3.8) is 0 Å². The van der Waals surface area contributed by atoms with Crippen molar-refractivity contribution < 1.29 is 13.9 Å². The molecule has 0 bridgehead atoms. The summed E-state index contributed by atoms with van der Waals surface area (Å²) in [5, 5.41) is 0. The summed E-state index contributed by atoms with van der Waals surface area (Å²) >= 11 is 0. The van der Waals surface area contributed by atoms with E-state index in [0.717, 1.165) is 56.1 Å². The number of rotatable bonds is 5. The van der Waals surface area contributed by atoms with E-state index in [2.05, 4.69) is 11.0 Å². The molecular formula is C20H24N2O3. The van der Waals surface area contributed by atoms with Gasteiger partial charge in [0.1, 0.15) is 11.5 Å². The molecule has 132 valence electrons. The Hall–Kier alpha value is -2.27. The van der Waals surface area contributed by atoms with Gasteiger partial charge in [-0.15, -0.1) is 0 Å². The average Bonchev–Trinajstić information content (AvgIpc) is 3.35. The number of carbonyl (C=O) groups excluding carboxylic acids is 1. The second-order valence-electron chi connectivity index (χ2n) is 7.15. The van der Waals surface area contributed by atoms with Gasteiger partial charge >= 0.3 is 0 Å². The summed E-state index contributed by atoms with van der Waals surface area (Å²) in [4.78, 5) is 17.4. The minimum Gasteiger partial charge on any atom is -0.497 e. The van der Waals surface area contributed by atoms with E-state index >= 15 is 0 Å². The number of hydrogen-bond acceptors (Lipinski definition) is 4. The Morgan fingerprint density at radius 2 is 2.04 bits per heavy atom. The maximum Gasteiger partial charge on any atom is 0.230 e. The molecule has 3 heterocycles. The molecule has 0 saturated carbocycles. The summed E-state index contributed by atoms with van der Waals surface area (Å²) in [7, 11) is 1.67. The fourth-order valence-electron chi connectivity index (χ4n) is 4.13. The van der Waals surface area contributed by atoms with Crippen molar-refractivity contribution in [3.8, 4) is 5.75 Å². The molecule has 0 radical (unpaired) electrons. The number of furan rings is 1. The summed E-state index contributed by atoms with van der Waals surface area (Å²) in [6.45, 7) is 4.08.